The molecule has 0 aromatic carbocycles. The monoisotopic (exact) mass is 290 g/mol. The number of aryl methyl sites for hydroxylation is 1. The Morgan fingerprint density at radius 2 is 2.19 bits per heavy atom. The second-order valence-corrected chi connectivity index (χ2v) is 6.77. The molecule has 1 saturated carbocycles. The lowest BCUT2D eigenvalue weighted by Crippen LogP contribution is -2.51. The maximum absolute atomic E-state index is 12.4. The molecule has 2 aliphatic rings. The van der Waals surface area contributed by atoms with Crippen LogP contribution in [-0.4, -0.2) is 11.8 Å². The molecule has 2 aliphatic carbocycles. The average molecular weight is 290 g/mol. The molecular formula is C17H22O4. The van der Waals surface area contributed by atoms with Crippen molar-refractivity contribution in [3.8, 4) is 0 Å². The van der Waals surface area contributed by atoms with E-state index in [-0.39, 0.29) is 29.2 Å². The van der Waals surface area contributed by atoms with Gasteiger partial charge in [0.1, 0.15) is 17.6 Å². The summed E-state index contributed by atoms with van der Waals surface area (Å²) in [4.78, 5) is 24.1. The summed E-state index contributed by atoms with van der Waals surface area (Å²) in [5.74, 6) is 0.977. The Morgan fingerprint density at radius 1 is 1.48 bits per heavy atom. The molecule has 0 aliphatic heterocycles. The second kappa shape index (κ2) is 4.72. The number of furan rings is 1. The maximum Gasteiger partial charge on any atom is 0.303 e. The van der Waals surface area contributed by atoms with Crippen LogP contribution in [-0.2, 0) is 20.7 Å². The van der Waals surface area contributed by atoms with Crippen LogP contribution in [0.5, 0.6) is 0 Å². The predicted octanol–water partition coefficient (Wildman–Crippen LogP) is 3.37. The number of fused-ring (bicyclic) bond motifs is 2. The lowest BCUT2D eigenvalue weighted by molar-refractivity contribution is -0.171. The standard InChI is InChI=1S/C17H22O4/c1-9-8-20-14-7-12-13(19)6-5-10(2)17(12,4)16(15(9)14)21-11(3)18/h8,10,12,16H,5-7H2,1-4H3/t10-,12-,16-,17+/m0/s1. The topological polar surface area (TPSA) is 56.5 Å². The molecular weight excluding hydrogens is 268 g/mol. The highest BCUT2D eigenvalue weighted by atomic mass is 16.5. The van der Waals surface area contributed by atoms with Crippen molar-refractivity contribution >= 4 is 11.8 Å². The van der Waals surface area contributed by atoms with Crippen molar-refractivity contribution in [2.24, 2.45) is 17.3 Å². The minimum absolute atomic E-state index is 0.122. The van der Waals surface area contributed by atoms with Crippen molar-refractivity contribution in [1.29, 1.82) is 0 Å². The first kappa shape index (κ1) is 14.4. The quantitative estimate of drug-likeness (QED) is 0.744. The van der Waals surface area contributed by atoms with Crippen LogP contribution in [0.1, 0.15) is 56.6 Å². The van der Waals surface area contributed by atoms with Crippen LogP contribution < -0.4 is 0 Å². The van der Waals surface area contributed by atoms with E-state index in [4.69, 9.17) is 9.15 Å². The summed E-state index contributed by atoms with van der Waals surface area (Å²) in [6.07, 6.45) is 3.41. The van der Waals surface area contributed by atoms with Crippen LogP contribution in [0, 0.1) is 24.2 Å². The summed E-state index contributed by atoms with van der Waals surface area (Å²) in [5, 5.41) is 0. The molecule has 4 nitrogen and oxygen atoms in total. The fourth-order valence-electron chi connectivity index (χ4n) is 4.17. The molecule has 1 aromatic heterocycles. The highest BCUT2D eigenvalue weighted by Gasteiger charge is 2.57. The number of carbonyl (C=O) groups excluding carboxylic acids is 2. The second-order valence-electron chi connectivity index (χ2n) is 6.77. The molecule has 1 heterocycles. The largest absolute Gasteiger partial charge is 0.469 e. The average Bonchev–Trinajstić information content (AvgIpc) is 2.78. The Labute approximate surface area is 124 Å². The van der Waals surface area contributed by atoms with Gasteiger partial charge in [-0.1, -0.05) is 13.8 Å². The molecule has 0 N–H and O–H groups in total. The van der Waals surface area contributed by atoms with E-state index in [0.717, 1.165) is 23.3 Å². The molecule has 0 bridgehead atoms. The smallest absolute Gasteiger partial charge is 0.303 e. The fourth-order valence-corrected chi connectivity index (χ4v) is 4.17. The van der Waals surface area contributed by atoms with Gasteiger partial charge in [0.05, 0.1) is 6.26 Å². The van der Waals surface area contributed by atoms with Gasteiger partial charge in [-0.2, -0.15) is 0 Å². The van der Waals surface area contributed by atoms with E-state index >= 15 is 0 Å². The van der Waals surface area contributed by atoms with Gasteiger partial charge in [0.25, 0.3) is 0 Å². The van der Waals surface area contributed by atoms with Crippen LogP contribution >= 0.6 is 0 Å². The Morgan fingerprint density at radius 3 is 2.86 bits per heavy atom. The Hall–Kier alpha value is -1.58. The fraction of sp³-hybridized carbons (Fsp3) is 0.647. The normalized spacial score (nSPS) is 35.0. The van der Waals surface area contributed by atoms with Crippen molar-refractivity contribution in [2.45, 2.75) is 53.1 Å². The van der Waals surface area contributed by atoms with Crippen LogP contribution in [0.2, 0.25) is 0 Å². The van der Waals surface area contributed by atoms with Gasteiger partial charge in [-0.15, -0.1) is 0 Å². The third kappa shape index (κ3) is 1.95. The van der Waals surface area contributed by atoms with Gasteiger partial charge in [-0.25, -0.2) is 0 Å². The van der Waals surface area contributed by atoms with E-state index in [2.05, 4.69) is 13.8 Å². The number of hydrogen-bond acceptors (Lipinski definition) is 4. The Bertz CT molecular complexity index is 600. The third-order valence-electron chi connectivity index (χ3n) is 5.63. The summed E-state index contributed by atoms with van der Waals surface area (Å²) < 4.78 is 11.3. The summed E-state index contributed by atoms with van der Waals surface area (Å²) >= 11 is 0. The Balaban J connectivity index is 2.16. The number of ketones is 1. The first-order valence-corrected chi connectivity index (χ1v) is 7.62. The van der Waals surface area contributed by atoms with E-state index in [1.165, 1.54) is 6.92 Å². The first-order chi connectivity index (χ1) is 9.85. The van der Waals surface area contributed by atoms with Gasteiger partial charge in [-0.05, 0) is 24.8 Å². The van der Waals surface area contributed by atoms with E-state index in [9.17, 15) is 9.59 Å². The number of ether oxygens (including phenoxy) is 1. The van der Waals surface area contributed by atoms with Gasteiger partial charge in [0, 0.05) is 36.7 Å². The summed E-state index contributed by atoms with van der Waals surface area (Å²) in [6, 6.07) is 0. The number of esters is 1. The highest BCUT2D eigenvalue weighted by molar-refractivity contribution is 5.83. The zero-order valence-electron chi connectivity index (χ0n) is 13.1. The molecule has 0 unspecified atom stereocenters. The molecule has 0 radical (unpaired) electrons. The molecule has 4 heteroatoms. The van der Waals surface area contributed by atoms with Gasteiger partial charge in [-0.3, -0.25) is 9.59 Å². The molecule has 1 fully saturated rings. The lowest BCUT2D eigenvalue weighted by Gasteiger charge is -2.51. The molecule has 1 aromatic rings. The van der Waals surface area contributed by atoms with E-state index < -0.39 is 0 Å². The van der Waals surface area contributed by atoms with E-state index in [0.29, 0.717) is 18.8 Å². The van der Waals surface area contributed by atoms with Gasteiger partial charge in [0.15, 0.2) is 0 Å². The predicted molar refractivity (Wildman–Crippen MR) is 76.7 cm³/mol. The molecule has 0 saturated heterocycles. The van der Waals surface area contributed by atoms with Crippen molar-refractivity contribution in [2.75, 3.05) is 0 Å². The Kier molecular flexibility index (Phi) is 3.23. The zero-order valence-corrected chi connectivity index (χ0v) is 13.1. The first-order valence-electron chi connectivity index (χ1n) is 7.62. The molecule has 4 atom stereocenters. The van der Waals surface area contributed by atoms with Crippen molar-refractivity contribution < 1.29 is 18.7 Å². The van der Waals surface area contributed by atoms with Crippen molar-refractivity contribution in [3.63, 3.8) is 0 Å². The molecule has 0 spiro atoms. The summed E-state index contributed by atoms with van der Waals surface area (Å²) in [6.45, 7) is 7.66. The summed E-state index contributed by atoms with van der Waals surface area (Å²) in [7, 11) is 0. The van der Waals surface area contributed by atoms with Crippen LogP contribution in [0.25, 0.3) is 0 Å². The number of hydrogen-bond donors (Lipinski definition) is 0. The van der Waals surface area contributed by atoms with E-state index in [1.54, 1.807) is 6.26 Å². The number of carbonyl (C=O) groups is 2. The number of rotatable bonds is 1. The lowest BCUT2D eigenvalue weighted by atomic mass is 9.54. The number of Topliss-reactive ketones (excluding diaryl/α,β-unsaturated/α-hetero) is 1. The molecule has 0 amide bonds. The molecule has 114 valence electrons. The van der Waals surface area contributed by atoms with Gasteiger partial charge >= 0.3 is 5.97 Å². The van der Waals surface area contributed by atoms with Crippen molar-refractivity contribution in [3.05, 3.63) is 23.2 Å². The highest BCUT2D eigenvalue weighted by Crippen LogP contribution is 2.58. The minimum atomic E-state index is -0.387. The van der Waals surface area contributed by atoms with E-state index in [1.807, 2.05) is 6.92 Å². The molecule has 21 heavy (non-hydrogen) atoms. The van der Waals surface area contributed by atoms with Crippen molar-refractivity contribution in [1.82, 2.24) is 0 Å². The van der Waals surface area contributed by atoms with Gasteiger partial charge in [0.2, 0.25) is 0 Å². The van der Waals surface area contributed by atoms with Gasteiger partial charge < -0.3 is 9.15 Å². The van der Waals surface area contributed by atoms with Crippen LogP contribution in [0.4, 0.5) is 0 Å². The zero-order chi connectivity index (χ0) is 15.4. The minimum Gasteiger partial charge on any atom is -0.469 e. The summed E-state index contributed by atoms with van der Waals surface area (Å²) in [5.41, 5.74) is 1.63. The van der Waals surface area contributed by atoms with Crippen LogP contribution in [0.15, 0.2) is 10.7 Å². The third-order valence-corrected chi connectivity index (χ3v) is 5.63. The SMILES string of the molecule is CC(=O)O[C@H]1c2c(C)coc2C[C@H]2C(=O)CC[C@H](C)[C@]21C. The van der Waals surface area contributed by atoms with Crippen LogP contribution in [0.3, 0.4) is 0 Å². The maximum atomic E-state index is 12.4. The molecule has 3 rings (SSSR count).